The summed E-state index contributed by atoms with van der Waals surface area (Å²) >= 11 is 0. The number of aldehydes is 1. The number of hydrogen-bond donors (Lipinski definition) is 3. The second kappa shape index (κ2) is 4.03. The highest BCUT2D eigenvalue weighted by Crippen LogP contribution is 2.21. The van der Waals surface area contributed by atoms with Gasteiger partial charge < -0.3 is 19.7 Å². The highest BCUT2D eigenvalue weighted by Gasteiger charge is 2.28. The molecule has 0 aliphatic heterocycles. The van der Waals surface area contributed by atoms with E-state index < -0.39 is 18.2 Å². The van der Waals surface area contributed by atoms with Gasteiger partial charge in [-0.3, -0.25) is 4.79 Å². The van der Waals surface area contributed by atoms with Crippen molar-refractivity contribution in [2.45, 2.75) is 12.2 Å². The fourth-order valence-electron chi connectivity index (χ4n) is 0.976. The van der Waals surface area contributed by atoms with E-state index in [0.717, 1.165) is 6.26 Å². The molecule has 0 fully saturated rings. The molecule has 1 heterocycles. The fraction of sp³-hybridized carbons (Fsp3) is 0.250. The molecule has 0 amide bonds. The average Bonchev–Trinajstić information content (AvgIpc) is 2.62. The molecule has 0 aliphatic rings. The molecule has 0 radical (unpaired) electrons. The Morgan fingerprint density at radius 1 is 1.50 bits per heavy atom. The Labute approximate surface area is 78.4 Å². The molecule has 2 atom stereocenters. The average molecular weight is 200 g/mol. The highest BCUT2D eigenvalue weighted by atomic mass is 16.4. The molecular formula is C8H8O6. The van der Waals surface area contributed by atoms with Crippen molar-refractivity contribution in [1.29, 1.82) is 0 Å². The predicted octanol–water partition coefficient (Wildman–Crippen LogP) is -0.429. The van der Waals surface area contributed by atoms with Crippen LogP contribution in [0.4, 0.5) is 0 Å². The normalized spacial score (nSPS) is 14.7. The van der Waals surface area contributed by atoms with Gasteiger partial charge in [0.05, 0.1) is 6.26 Å². The minimum absolute atomic E-state index is 0.0464. The second-order valence-electron chi connectivity index (χ2n) is 2.59. The first-order valence-electron chi connectivity index (χ1n) is 3.69. The maximum absolute atomic E-state index is 10.4. The Balaban J connectivity index is 2.93. The first-order valence-corrected chi connectivity index (χ1v) is 3.69. The molecule has 1 rings (SSSR count). The quantitative estimate of drug-likeness (QED) is 0.569. The van der Waals surface area contributed by atoms with E-state index in [4.69, 9.17) is 10.2 Å². The third-order valence-electron chi connectivity index (χ3n) is 1.70. The lowest BCUT2D eigenvalue weighted by Gasteiger charge is -2.12. The Hall–Kier alpha value is -1.66. The molecule has 0 saturated heterocycles. The lowest BCUT2D eigenvalue weighted by molar-refractivity contribution is -0.153. The van der Waals surface area contributed by atoms with E-state index in [1.165, 1.54) is 6.07 Å². The van der Waals surface area contributed by atoms with Crippen molar-refractivity contribution < 1.29 is 29.3 Å². The lowest BCUT2D eigenvalue weighted by atomic mass is 10.1. The summed E-state index contributed by atoms with van der Waals surface area (Å²) in [5.41, 5.74) is -0.0464. The standard InChI is InChI=1S/C8H8O6/c9-3-5-4(1-2-14-5)6(10)7(11)8(12)13/h1-3,6-7,10-11H,(H,12,13). The van der Waals surface area contributed by atoms with Crippen LogP contribution < -0.4 is 0 Å². The van der Waals surface area contributed by atoms with Gasteiger partial charge in [-0.05, 0) is 6.07 Å². The van der Waals surface area contributed by atoms with Crippen LogP contribution in [0.2, 0.25) is 0 Å². The van der Waals surface area contributed by atoms with Crippen molar-refractivity contribution in [2.24, 2.45) is 0 Å². The lowest BCUT2D eigenvalue weighted by Crippen LogP contribution is -2.27. The van der Waals surface area contributed by atoms with Gasteiger partial charge in [-0.15, -0.1) is 0 Å². The van der Waals surface area contributed by atoms with Gasteiger partial charge in [0.25, 0.3) is 0 Å². The van der Waals surface area contributed by atoms with Crippen molar-refractivity contribution in [3.05, 3.63) is 23.7 Å². The number of furan rings is 1. The van der Waals surface area contributed by atoms with Crippen LogP contribution in [0.5, 0.6) is 0 Å². The van der Waals surface area contributed by atoms with E-state index in [0.29, 0.717) is 6.29 Å². The zero-order valence-electron chi connectivity index (χ0n) is 6.95. The number of aliphatic hydroxyl groups excluding tert-OH is 2. The van der Waals surface area contributed by atoms with E-state index >= 15 is 0 Å². The van der Waals surface area contributed by atoms with E-state index in [9.17, 15) is 14.7 Å². The molecule has 0 aliphatic carbocycles. The number of aliphatic carboxylic acids is 1. The SMILES string of the molecule is O=Cc1occc1C(O)C(O)C(=O)O. The molecule has 2 unspecified atom stereocenters. The molecule has 6 nitrogen and oxygen atoms in total. The van der Waals surface area contributed by atoms with Gasteiger partial charge in [0.1, 0.15) is 6.10 Å². The van der Waals surface area contributed by atoms with Crippen molar-refractivity contribution >= 4 is 12.3 Å². The Morgan fingerprint density at radius 3 is 2.64 bits per heavy atom. The third-order valence-corrected chi connectivity index (χ3v) is 1.70. The first-order chi connectivity index (χ1) is 6.57. The van der Waals surface area contributed by atoms with Gasteiger partial charge in [0.2, 0.25) is 0 Å². The number of hydrogen-bond acceptors (Lipinski definition) is 5. The van der Waals surface area contributed by atoms with E-state index in [-0.39, 0.29) is 11.3 Å². The molecule has 6 heteroatoms. The topological polar surface area (TPSA) is 108 Å². The molecule has 0 spiro atoms. The molecule has 0 bridgehead atoms. The molecular weight excluding hydrogens is 192 g/mol. The van der Waals surface area contributed by atoms with Crippen LogP contribution in [0, 0.1) is 0 Å². The zero-order chi connectivity index (χ0) is 10.7. The Morgan fingerprint density at radius 2 is 2.14 bits per heavy atom. The van der Waals surface area contributed by atoms with E-state index in [1.807, 2.05) is 0 Å². The van der Waals surface area contributed by atoms with Crippen LogP contribution in [0.25, 0.3) is 0 Å². The largest absolute Gasteiger partial charge is 0.479 e. The number of carboxylic acid groups (broad SMARTS) is 1. The van der Waals surface area contributed by atoms with Crippen LogP contribution in [0.1, 0.15) is 22.2 Å². The zero-order valence-corrected chi connectivity index (χ0v) is 6.95. The summed E-state index contributed by atoms with van der Waals surface area (Å²) in [6.45, 7) is 0. The molecule has 1 aromatic heterocycles. The molecule has 0 aromatic carbocycles. The smallest absolute Gasteiger partial charge is 0.335 e. The van der Waals surface area contributed by atoms with Crippen LogP contribution in [-0.4, -0.2) is 33.7 Å². The maximum atomic E-state index is 10.4. The number of rotatable bonds is 4. The minimum Gasteiger partial charge on any atom is -0.479 e. The van der Waals surface area contributed by atoms with Gasteiger partial charge in [-0.25, -0.2) is 4.79 Å². The number of aliphatic hydroxyl groups is 2. The van der Waals surface area contributed by atoms with Crippen LogP contribution in [0.3, 0.4) is 0 Å². The Bertz CT molecular complexity index is 341. The maximum Gasteiger partial charge on any atom is 0.335 e. The third kappa shape index (κ3) is 1.81. The summed E-state index contributed by atoms with van der Waals surface area (Å²) in [4.78, 5) is 20.7. The van der Waals surface area contributed by atoms with Crippen LogP contribution in [-0.2, 0) is 4.79 Å². The van der Waals surface area contributed by atoms with E-state index in [2.05, 4.69) is 4.42 Å². The Kier molecular flexibility index (Phi) is 3.00. The molecule has 14 heavy (non-hydrogen) atoms. The van der Waals surface area contributed by atoms with Crippen molar-refractivity contribution in [2.75, 3.05) is 0 Å². The van der Waals surface area contributed by atoms with E-state index in [1.54, 1.807) is 0 Å². The monoisotopic (exact) mass is 200 g/mol. The van der Waals surface area contributed by atoms with Crippen molar-refractivity contribution in [3.8, 4) is 0 Å². The number of carbonyl (C=O) groups is 2. The summed E-state index contributed by atoms with van der Waals surface area (Å²) in [7, 11) is 0. The molecule has 1 aromatic rings. The summed E-state index contributed by atoms with van der Waals surface area (Å²) < 4.78 is 4.63. The highest BCUT2D eigenvalue weighted by molar-refractivity contribution is 5.76. The van der Waals surface area contributed by atoms with Crippen LogP contribution >= 0.6 is 0 Å². The van der Waals surface area contributed by atoms with Gasteiger partial charge in [-0.1, -0.05) is 0 Å². The van der Waals surface area contributed by atoms with Gasteiger partial charge >= 0.3 is 5.97 Å². The fourth-order valence-corrected chi connectivity index (χ4v) is 0.976. The van der Waals surface area contributed by atoms with Gasteiger partial charge in [-0.2, -0.15) is 0 Å². The molecule has 76 valence electrons. The van der Waals surface area contributed by atoms with Crippen LogP contribution in [0.15, 0.2) is 16.7 Å². The summed E-state index contributed by atoms with van der Waals surface area (Å²) in [6, 6.07) is 1.22. The van der Waals surface area contributed by atoms with Gasteiger partial charge in [0, 0.05) is 5.56 Å². The first kappa shape index (κ1) is 10.4. The molecule has 0 saturated carbocycles. The van der Waals surface area contributed by atoms with Crippen molar-refractivity contribution in [3.63, 3.8) is 0 Å². The summed E-state index contributed by atoms with van der Waals surface area (Å²) in [6.07, 6.45) is -2.21. The number of carboxylic acids is 1. The second-order valence-corrected chi connectivity index (χ2v) is 2.59. The number of carbonyl (C=O) groups excluding carboxylic acids is 1. The molecule has 3 N–H and O–H groups in total. The minimum atomic E-state index is -1.98. The summed E-state index contributed by atoms with van der Waals surface area (Å²) in [5, 5.41) is 26.7. The summed E-state index contributed by atoms with van der Waals surface area (Å²) in [5.74, 6) is -1.77. The van der Waals surface area contributed by atoms with Gasteiger partial charge in [0.15, 0.2) is 18.2 Å². The van der Waals surface area contributed by atoms with Crippen molar-refractivity contribution in [1.82, 2.24) is 0 Å². The predicted molar refractivity (Wildman–Crippen MR) is 42.7 cm³/mol.